The molecule has 0 atom stereocenters. The molecule has 0 radical (unpaired) electrons. The molecule has 59 heavy (non-hydrogen) atoms. The monoisotopic (exact) mass is 852 g/mol. The highest BCUT2D eigenvalue weighted by Crippen LogP contribution is 2.29. The Hall–Kier alpha value is -4.88. The van der Waals surface area contributed by atoms with Crippen molar-refractivity contribution in [2.45, 2.75) is 137 Å². The zero-order valence-corrected chi connectivity index (χ0v) is 35.4. The molecule has 0 spiro atoms. The van der Waals surface area contributed by atoms with Gasteiger partial charge in [0, 0.05) is 55.9 Å². The largest absolute Gasteiger partial charge is 0.461 e. The third kappa shape index (κ3) is 9.16. The minimum Gasteiger partial charge on any atom is -0.461 e. The standard InChI is InChI=1S/C20H27N5O3S.C19H25N5O4S.CH4/c1-4-5-10-24-18(26)16-17(23(3)20(24)27)22-19(28-14-8-6-7-9-14)25(16)11-15-21-13(2)12-29-15;1-12-11-29-14(20-12)10-24-15-16(21-18(24)28-13-6-3-4-7-13)22(2)19(27)23(17(15)26)8-5-9-25;/h12,14H,4-11H2,1-3H3;11,13,25H,3-10H2,1-2H3;1H4. The zero-order chi connectivity index (χ0) is 41.1. The Labute approximate surface area is 349 Å². The molecule has 6 heterocycles. The van der Waals surface area contributed by atoms with Gasteiger partial charge in [-0.05, 0) is 78.1 Å². The molecule has 6 aromatic heterocycles. The van der Waals surface area contributed by atoms with Crippen LogP contribution in [-0.4, -0.2) is 71.3 Å². The number of rotatable bonds is 14. The van der Waals surface area contributed by atoms with E-state index in [9.17, 15) is 19.2 Å². The summed E-state index contributed by atoms with van der Waals surface area (Å²) in [5.74, 6) is 0. The number of unbranched alkanes of at least 4 members (excludes halogenated alkanes) is 1. The smallest absolute Gasteiger partial charge is 0.332 e. The molecule has 0 amide bonds. The Bertz CT molecular complexity index is 2450. The summed E-state index contributed by atoms with van der Waals surface area (Å²) < 4.78 is 21.2. The third-order valence-corrected chi connectivity index (χ3v) is 12.6. The van der Waals surface area contributed by atoms with E-state index in [4.69, 9.17) is 14.6 Å². The maximum Gasteiger partial charge on any atom is 0.332 e. The van der Waals surface area contributed by atoms with Crippen molar-refractivity contribution in [3.05, 3.63) is 73.8 Å². The first kappa shape index (κ1) is 43.7. The number of ether oxygens (including phenoxy) is 2. The summed E-state index contributed by atoms with van der Waals surface area (Å²) >= 11 is 3.06. The number of aromatic nitrogens is 10. The molecule has 0 bridgehead atoms. The quantitative estimate of drug-likeness (QED) is 0.157. The predicted molar refractivity (Wildman–Crippen MR) is 229 cm³/mol. The summed E-state index contributed by atoms with van der Waals surface area (Å²) in [6, 6.07) is 0.756. The average molecular weight is 853 g/mol. The van der Waals surface area contributed by atoms with Gasteiger partial charge in [0.15, 0.2) is 22.3 Å². The van der Waals surface area contributed by atoms with E-state index >= 15 is 0 Å². The second-order valence-electron chi connectivity index (χ2n) is 15.1. The van der Waals surface area contributed by atoms with Crippen molar-refractivity contribution in [2.24, 2.45) is 14.1 Å². The van der Waals surface area contributed by atoms with Crippen LogP contribution in [0.15, 0.2) is 29.9 Å². The van der Waals surface area contributed by atoms with Crippen LogP contribution in [0.4, 0.5) is 0 Å². The fourth-order valence-electron chi connectivity index (χ4n) is 7.65. The number of aliphatic hydroxyl groups excluding tert-OH is 1. The van der Waals surface area contributed by atoms with Crippen LogP contribution in [0, 0.1) is 13.8 Å². The highest BCUT2D eigenvalue weighted by molar-refractivity contribution is 7.09. The van der Waals surface area contributed by atoms with Crippen LogP contribution in [-0.2, 0) is 40.3 Å². The lowest BCUT2D eigenvalue weighted by Gasteiger charge is -2.13. The van der Waals surface area contributed by atoms with Crippen LogP contribution in [0.5, 0.6) is 12.0 Å². The molecule has 0 saturated heterocycles. The van der Waals surface area contributed by atoms with Crippen molar-refractivity contribution in [3.8, 4) is 12.0 Å². The molecule has 0 aromatic carbocycles. The van der Waals surface area contributed by atoms with Crippen LogP contribution >= 0.6 is 22.7 Å². The molecule has 320 valence electrons. The minimum absolute atomic E-state index is 0. The number of thiazole rings is 2. The molecule has 2 aliphatic carbocycles. The van der Waals surface area contributed by atoms with Crippen molar-refractivity contribution in [2.75, 3.05) is 6.61 Å². The molecule has 19 heteroatoms. The summed E-state index contributed by atoms with van der Waals surface area (Å²) in [5, 5.41) is 14.8. The predicted octanol–water partition coefficient (Wildman–Crippen LogP) is 4.88. The molecule has 2 saturated carbocycles. The number of hydrogen-bond donors (Lipinski definition) is 1. The van der Waals surface area contributed by atoms with Gasteiger partial charge in [-0.2, -0.15) is 9.97 Å². The van der Waals surface area contributed by atoms with Crippen molar-refractivity contribution in [1.29, 1.82) is 0 Å². The van der Waals surface area contributed by atoms with E-state index in [0.717, 1.165) is 90.2 Å². The molecular formula is C40H56N10O7S2. The Kier molecular flexibility index (Phi) is 14.1. The van der Waals surface area contributed by atoms with Gasteiger partial charge in [-0.3, -0.25) is 37.0 Å². The second-order valence-corrected chi connectivity index (χ2v) is 17.0. The molecule has 2 aliphatic rings. The highest BCUT2D eigenvalue weighted by atomic mass is 32.1. The molecule has 17 nitrogen and oxygen atoms in total. The first-order valence-electron chi connectivity index (χ1n) is 20.1. The molecule has 1 N–H and O–H groups in total. The number of imidazole rings is 2. The van der Waals surface area contributed by atoms with Crippen LogP contribution in [0.25, 0.3) is 22.3 Å². The van der Waals surface area contributed by atoms with Crippen LogP contribution in [0.3, 0.4) is 0 Å². The Morgan fingerprint density at radius 1 is 0.661 bits per heavy atom. The van der Waals surface area contributed by atoms with Gasteiger partial charge in [-0.15, -0.1) is 22.7 Å². The summed E-state index contributed by atoms with van der Waals surface area (Å²) in [6.45, 7) is 7.12. The van der Waals surface area contributed by atoms with E-state index in [2.05, 4.69) is 19.9 Å². The van der Waals surface area contributed by atoms with Gasteiger partial charge in [0.2, 0.25) is 0 Å². The number of nitrogens with zero attached hydrogens (tertiary/aromatic N) is 10. The molecule has 0 aliphatic heterocycles. The van der Waals surface area contributed by atoms with Crippen molar-refractivity contribution in [3.63, 3.8) is 0 Å². The topological polar surface area (TPSA) is 188 Å². The summed E-state index contributed by atoms with van der Waals surface area (Å²) in [5.41, 5.74) is 1.76. The molecule has 2 fully saturated rings. The van der Waals surface area contributed by atoms with Crippen molar-refractivity contribution >= 4 is 45.0 Å². The van der Waals surface area contributed by atoms with Gasteiger partial charge < -0.3 is 14.6 Å². The summed E-state index contributed by atoms with van der Waals surface area (Å²) in [7, 11) is 3.26. The van der Waals surface area contributed by atoms with Crippen LogP contribution < -0.4 is 32.0 Å². The number of aliphatic hydroxyl groups is 1. The average Bonchev–Trinajstić information content (AvgIpc) is 4.07. The number of aryl methyl sites for hydroxylation is 4. The molecular weight excluding hydrogens is 797 g/mol. The SMILES string of the molecule is C.CCCCn1c(=O)c2c(nc(OC3CCCC3)n2Cc2nc(C)cs2)n(C)c1=O.Cc1csc(Cn2c(OC3CCCC3)nc3c2c(=O)n(CCCO)c(=O)n3C)n1. The number of fused-ring (bicyclic) bond motifs is 2. The fourth-order valence-corrected chi connectivity index (χ4v) is 9.17. The second kappa shape index (κ2) is 19.0. The summed E-state index contributed by atoms with van der Waals surface area (Å²) in [4.78, 5) is 70.1. The van der Waals surface area contributed by atoms with Gasteiger partial charge in [-0.1, -0.05) is 20.8 Å². The van der Waals surface area contributed by atoms with Gasteiger partial charge in [-0.25, -0.2) is 19.6 Å². The first-order valence-corrected chi connectivity index (χ1v) is 21.9. The normalized spacial score (nSPS) is 14.6. The fraction of sp³-hybridized carbons (Fsp3) is 0.600. The Morgan fingerprint density at radius 2 is 1.07 bits per heavy atom. The van der Waals surface area contributed by atoms with E-state index in [-0.39, 0.29) is 44.0 Å². The maximum absolute atomic E-state index is 13.3. The van der Waals surface area contributed by atoms with Crippen LogP contribution in [0.2, 0.25) is 0 Å². The van der Waals surface area contributed by atoms with E-state index < -0.39 is 11.2 Å². The third-order valence-electron chi connectivity index (χ3n) is 10.7. The molecule has 6 aromatic rings. The van der Waals surface area contributed by atoms with E-state index in [0.29, 0.717) is 60.4 Å². The Morgan fingerprint density at radius 3 is 1.42 bits per heavy atom. The van der Waals surface area contributed by atoms with Crippen molar-refractivity contribution < 1.29 is 14.6 Å². The van der Waals surface area contributed by atoms with Gasteiger partial charge in [0.1, 0.15) is 22.2 Å². The van der Waals surface area contributed by atoms with Gasteiger partial charge >= 0.3 is 11.4 Å². The maximum atomic E-state index is 13.3. The lowest BCUT2D eigenvalue weighted by Crippen LogP contribution is -2.39. The lowest BCUT2D eigenvalue weighted by molar-refractivity contribution is 0.185. The van der Waals surface area contributed by atoms with Crippen molar-refractivity contribution in [1.82, 2.24) is 47.3 Å². The Balaban J connectivity index is 0.000000195. The number of hydrogen-bond acceptors (Lipinski definition) is 13. The molecule has 0 unspecified atom stereocenters. The van der Waals surface area contributed by atoms with E-state index in [1.165, 1.54) is 25.0 Å². The van der Waals surface area contributed by atoms with Gasteiger partial charge in [0.25, 0.3) is 23.1 Å². The van der Waals surface area contributed by atoms with E-state index in [1.807, 2.05) is 31.5 Å². The summed E-state index contributed by atoms with van der Waals surface area (Å²) in [6.07, 6.45) is 10.6. The van der Waals surface area contributed by atoms with Gasteiger partial charge in [0.05, 0.1) is 13.1 Å². The zero-order valence-electron chi connectivity index (χ0n) is 33.8. The van der Waals surface area contributed by atoms with E-state index in [1.54, 1.807) is 34.6 Å². The molecule has 8 rings (SSSR count). The highest BCUT2D eigenvalue weighted by Gasteiger charge is 2.27. The van der Waals surface area contributed by atoms with Crippen LogP contribution in [0.1, 0.15) is 106 Å². The first-order chi connectivity index (χ1) is 28.0. The minimum atomic E-state index is -0.446. The lowest BCUT2D eigenvalue weighted by atomic mass is 10.3.